The van der Waals surface area contributed by atoms with E-state index >= 15 is 0 Å². The lowest BCUT2D eigenvalue weighted by molar-refractivity contribution is 0.326. The average Bonchev–Trinajstić information content (AvgIpc) is 2.79. The Labute approximate surface area is 190 Å². The van der Waals surface area contributed by atoms with E-state index in [0.29, 0.717) is 6.04 Å². The van der Waals surface area contributed by atoms with Crippen molar-refractivity contribution < 1.29 is 0 Å². The molecule has 0 saturated carbocycles. The molecule has 1 N–H and O–H groups in total. The van der Waals surface area contributed by atoms with Gasteiger partial charge in [0, 0.05) is 49.8 Å². The number of aromatic nitrogens is 1. The number of likely N-dealkylation sites (N-methyl/N-ethyl adjacent to an activating group) is 1. The highest BCUT2D eigenvalue weighted by molar-refractivity contribution is 5.58. The minimum absolute atomic E-state index is 0.568. The molecular weight excluding hydrogens is 380 g/mol. The molecule has 4 nitrogen and oxygen atoms in total. The van der Waals surface area contributed by atoms with Gasteiger partial charge >= 0.3 is 0 Å². The lowest BCUT2D eigenvalue weighted by Crippen LogP contribution is -2.43. The minimum atomic E-state index is 0.568. The van der Waals surface area contributed by atoms with E-state index in [9.17, 15) is 0 Å². The SMILES string of the molecule is CCCN(CCC)c1cccc2c1CC(CN(C)C)NC2.c1cnc2c(c1)CCCC2. The van der Waals surface area contributed by atoms with Crippen molar-refractivity contribution in [1.29, 1.82) is 0 Å². The van der Waals surface area contributed by atoms with E-state index in [-0.39, 0.29) is 0 Å². The van der Waals surface area contributed by atoms with Gasteiger partial charge in [-0.05, 0) is 87.9 Å². The summed E-state index contributed by atoms with van der Waals surface area (Å²) in [5, 5.41) is 3.68. The van der Waals surface area contributed by atoms with Crippen molar-refractivity contribution >= 4 is 5.69 Å². The van der Waals surface area contributed by atoms with Crippen LogP contribution in [0.3, 0.4) is 0 Å². The zero-order valence-electron chi connectivity index (χ0n) is 20.2. The van der Waals surface area contributed by atoms with E-state index in [1.807, 2.05) is 12.3 Å². The zero-order valence-corrected chi connectivity index (χ0v) is 20.2. The van der Waals surface area contributed by atoms with Crippen molar-refractivity contribution in [2.24, 2.45) is 0 Å². The van der Waals surface area contributed by atoms with Crippen LogP contribution in [0.2, 0.25) is 0 Å². The Bertz CT molecular complexity index is 771. The molecule has 0 spiro atoms. The number of aryl methyl sites for hydroxylation is 2. The number of benzene rings is 1. The van der Waals surface area contributed by atoms with Gasteiger partial charge in [0.2, 0.25) is 0 Å². The van der Waals surface area contributed by atoms with Gasteiger partial charge in [-0.2, -0.15) is 0 Å². The number of pyridine rings is 1. The number of fused-ring (bicyclic) bond motifs is 2. The van der Waals surface area contributed by atoms with Crippen LogP contribution in [0.1, 0.15) is 61.9 Å². The van der Waals surface area contributed by atoms with Crippen molar-refractivity contribution in [3.05, 3.63) is 58.9 Å². The highest BCUT2D eigenvalue weighted by Gasteiger charge is 2.22. The Morgan fingerprint density at radius 2 is 1.71 bits per heavy atom. The summed E-state index contributed by atoms with van der Waals surface area (Å²) in [5.41, 5.74) is 7.33. The topological polar surface area (TPSA) is 31.4 Å². The van der Waals surface area contributed by atoms with Crippen molar-refractivity contribution in [2.75, 3.05) is 38.6 Å². The van der Waals surface area contributed by atoms with E-state index in [1.165, 1.54) is 61.0 Å². The molecule has 0 radical (unpaired) electrons. The lowest BCUT2D eigenvalue weighted by Gasteiger charge is -2.33. The third-order valence-corrected chi connectivity index (χ3v) is 6.29. The molecule has 2 aromatic rings. The van der Waals surface area contributed by atoms with E-state index in [1.54, 1.807) is 5.56 Å². The molecule has 1 unspecified atom stereocenters. The summed E-state index contributed by atoms with van der Waals surface area (Å²) in [4.78, 5) is 9.18. The first-order valence-corrected chi connectivity index (χ1v) is 12.3. The molecule has 0 fully saturated rings. The Balaban J connectivity index is 0.000000225. The van der Waals surface area contributed by atoms with Gasteiger partial charge in [-0.3, -0.25) is 4.98 Å². The summed E-state index contributed by atoms with van der Waals surface area (Å²) in [5.74, 6) is 0. The summed E-state index contributed by atoms with van der Waals surface area (Å²) in [7, 11) is 4.31. The molecular formula is C27H42N4. The Kier molecular flexibility index (Phi) is 9.35. The van der Waals surface area contributed by atoms with Crippen molar-refractivity contribution in [1.82, 2.24) is 15.2 Å². The number of hydrogen-bond acceptors (Lipinski definition) is 4. The highest BCUT2D eigenvalue weighted by atomic mass is 15.1. The molecule has 1 aliphatic carbocycles. The summed E-state index contributed by atoms with van der Waals surface area (Å²) in [6.45, 7) is 8.98. The van der Waals surface area contributed by atoms with Crippen LogP contribution in [0.25, 0.3) is 0 Å². The van der Waals surface area contributed by atoms with E-state index < -0.39 is 0 Å². The van der Waals surface area contributed by atoms with Crippen LogP contribution in [-0.4, -0.2) is 49.7 Å². The van der Waals surface area contributed by atoms with Gasteiger partial charge in [-0.25, -0.2) is 0 Å². The molecule has 4 heteroatoms. The summed E-state index contributed by atoms with van der Waals surface area (Å²) < 4.78 is 0. The number of nitrogens with zero attached hydrogens (tertiary/aromatic N) is 3. The second-order valence-corrected chi connectivity index (χ2v) is 9.26. The lowest BCUT2D eigenvalue weighted by atomic mass is 9.93. The van der Waals surface area contributed by atoms with Crippen LogP contribution in [0.15, 0.2) is 36.5 Å². The van der Waals surface area contributed by atoms with E-state index in [2.05, 4.69) is 72.3 Å². The van der Waals surface area contributed by atoms with Crippen LogP contribution in [-0.2, 0) is 25.8 Å². The third kappa shape index (κ3) is 6.78. The molecule has 4 rings (SSSR count). The summed E-state index contributed by atoms with van der Waals surface area (Å²) >= 11 is 0. The van der Waals surface area contributed by atoms with E-state index in [0.717, 1.165) is 32.6 Å². The van der Waals surface area contributed by atoms with Gasteiger partial charge in [-0.15, -0.1) is 0 Å². The van der Waals surface area contributed by atoms with Crippen LogP contribution < -0.4 is 10.2 Å². The van der Waals surface area contributed by atoms with Gasteiger partial charge in [0.1, 0.15) is 0 Å². The van der Waals surface area contributed by atoms with Gasteiger partial charge in [0.05, 0.1) is 0 Å². The minimum Gasteiger partial charge on any atom is -0.371 e. The fraction of sp³-hybridized carbons (Fsp3) is 0.593. The number of rotatable bonds is 7. The molecule has 0 bridgehead atoms. The largest absolute Gasteiger partial charge is 0.371 e. The monoisotopic (exact) mass is 422 g/mol. The molecule has 1 aromatic heterocycles. The first kappa shape index (κ1) is 23.7. The predicted molar refractivity (Wildman–Crippen MR) is 133 cm³/mol. The molecule has 1 aromatic carbocycles. The quantitative estimate of drug-likeness (QED) is 0.691. The Hall–Kier alpha value is -1.91. The molecule has 170 valence electrons. The first-order valence-electron chi connectivity index (χ1n) is 12.3. The Morgan fingerprint density at radius 1 is 0.968 bits per heavy atom. The second kappa shape index (κ2) is 12.2. The molecule has 0 saturated heterocycles. The fourth-order valence-corrected chi connectivity index (χ4v) is 4.89. The normalized spacial score (nSPS) is 17.4. The fourth-order valence-electron chi connectivity index (χ4n) is 4.89. The highest BCUT2D eigenvalue weighted by Crippen LogP contribution is 2.29. The first-order chi connectivity index (χ1) is 15.1. The van der Waals surface area contributed by atoms with Crippen LogP contribution >= 0.6 is 0 Å². The molecule has 1 atom stereocenters. The molecule has 31 heavy (non-hydrogen) atoms. The zero-order chi connectivity index (χ0) is 22.1. The van der Waals surface area contributed by atoms with Gasteiger partial charge in [0.25, 0.3) is 0 Å². The molecule has 0 amide bonds. The number of nitrogens with one attached hydrogen (secondary N) is 1. The predicted octanol–water partition coefficient (Wildman–Crippen LogP) is 4.85. The van der Waals surface area contributed by atoms with Gasteiger partial charge < -0.3 is 15.1 Å². The van der Waals surface area contributed by atoms with Crippen LogP contribution in [0.4, 0.5) is 5.69 Å². The standard InChI is InChI=1S/C18H31N3.C9H11N/c1-5-10-21(11-6-2)18-9-7-8-15-13-19-16(12-17(15)18)14-20(3)4;1-2-6-9-8(4-1)5-3-7-10-9/h7-9,16,19H,5-6,10-14H2,1-4H3;3,5,7H,1-2,4,6H2. The molecule has 2 heterocycles. The maximum atomic E-state index is 4.32. The maximum Gasteiger partial charge on any atom is 0.0435 e. The van der Waals surface area contributed by atoms with Gasteiger partial charge in [0.15, 0.2) is 0 Å². The average molecular weight is 423 g/mol. The smallest absolute Gasteiger partial charge is 0.0435 e. The van der Waals surface area contributed by atoms with Crippen LogP contribution in [0.5, 0.6) is 0 Å². The van der Waals surface area contributed by atoms with Crippen molar-refractivity contribution in [3.63, 3.8) is 0 Å². The van der Waals surface area contributed by atoms with E-state index in [4.69, 9.17) is 0 Å². The molecule has 2 aliphatic rings. The Morgan fingerprint density at radius 3 is 2.42 bits per heavy atom. The van der Waals surface area contributed by atoms with Crippen molar-refractivity contribution in [2.45, 2.75) is 71.4 Å². The van der Waals surface area contributed by atoms with Crippen molar-refractivity contribution in [3.8, 4) is 0 Å². The van der Waals surface area contributed by atoms with Gasteiger partial charge in [-0.1, -0.05) is 32.0 Å². The maximum absolute atomic E-state index is 4.32. The molecule has 1 aliphatic heterocycles. The number of anilines is 1. The third-order valence-electron chi connectivity index (χ3n) is 6.29. The van der Waals surface area contributed by atoms with Crippen LogP contribution in [0, 0.1) is 0 Å². The summed E-state index contributed by atoms with van der Waals surface area (Å²) in [6.07, 6.45) is 10.6. The number of hydrogen-bond donors (Lipinski definition) is 1. The summed E-state index contributed by atoms with van der Waals surface area (Å²) in [6, 6.07) is 11.6. The second-order valence-electron chi connectivity index (χ2n) is 9.26.